The minimum absolute atomic E-state index is 0.0118. The fourth-order valence-electron chi connectivity index (χ4n) is 2.59. The molecular formula is C16H16FN2O2. The molecule has 1 radical (unpaired) electrons. The van der Waals surface area contributed by atoms with Crippen LogP contribution in [0.2, 0.25) is 0 Å². The average Bonchev–Trinajstić information content (AvgIpc) is 2.50. The van der Waals surface area contributed by atoms with E-state index in [9.17, 15) is 9.50 Å². The molecule has 2 heterocycles. The van der Waals surface area contributed by atoms with E-state index in [0.29, 0.717) is 12.3 Å². The molecule has 1 aliphatic rings. The number of aromatic nitrogens is 1. The Labute approximate surface area is 122 Å². The number of piperidine rings is 1. The molecule has 0 aliphatic carbocycles. The highest BCUT2D eigenvalue weighted by atomic mass is 19.1. The molecule has 0 saturated carbocycles. The number of ether oxygens (including phenoxy) is 1. The summed E-state index contributed by atoms with van der Waals surface area (Å²) in [5.74, 6) is 0.306. The van der Waals surface area contributed by atoms with Crippen molar-refractivity contribution in [1.82, 2.24) is 10.3 Å². The average molecular weight is 287 g/mol. The van der Waals surface area contributed by atoms with E-state index in [4.69, 9.17) is 4.74 Å². The van der Waals surface area contributed by atoms with Crippen LogP contribution in [-0.4, -0.2) is 24.2 Å². The zero-order valence-corrected chi connectivity index (χ0v) is 11.5. The predicted octanol–water partition coefficient (Wildman–Crippen LogP) is 2.89. The maximum Gasteiger partial charge on any atom is 0.181 e. The van der Waals surface area contributed by atoms with Gasteiger partial charge < -0.3 is 10.1 Å². The third-order valence-electron chi connectivity index (χ3n) is 3.65. The zero-order valence-electron chi connectivity index (χ0n) is 11.5. The van der Waals surface area contributed by atoms with Crippen LogP contribution < -0.4 is 10.1 Å². The van der Waals surface area contributed by atoms with Gasteiger partial charge in [0.25, 0.3) is 0 Å². The smallest absolute Gasteiger partial charge is 0.181 e. The third-order valence-corrected chi connectivity index (χ3v) is 3.65. The standard InChI is InChI=1S/C16H16FN2O2/c17-11-1-3-13(4-2-11)21-16-6-7-18-10-14(16)15-9-12(20)5-8-19-15/h1-5,8-9,14,16,18H,6-7,10H2. The number of halogens is 1. The van der Waals surface area contributed by atoms with E-state index in [1.54, 1.807) is 18.2 Å². The molecule has 21 heavy (non-hydrogen) atoms. The molecule has 3 rings (SSSR count). The summed E-state index contributed by atoms with van der Waals surface area (Å²) in [4.78, 5) is 4.29. The Bertz CT molecular complexity index is 603. The molecule has 0 bridgehead atoms. The Morgan fingerprint density at radius 1 is 1.24 bits per heavy atom. The number of hydrogen-bond donors (Lipinski definition) is 1. The lowest BCUT2D eigenvalue weighted by Gasteiger charge is -2.32. The second kappa shape index (κ2) is 6.10. The van der Waals surface area contributed by atoms with Gasteiger partial charge in [-0.1, -0.05) is 0 Å². The van der Waals surface area contributed by atoms with E-state index in [2.05, 4.69) is 10.3 Å². The summed E-state index contributed by atoms with van der Waals surface area (Å²) in [6.07, 6.45) is 2.26. The first-order chi connectivity index (χ1) is 10.2. The van der Waals surface area contributed by atoms with Crippen molar-refractivity contribution in [3.05, 3.63) is 54.1 Å². The molecule has 109 valence electrons. The normalized spacial score (nSPS) is 22.0. The number of hydrogen-bond acceptors (Lipinski definition) is 3. The Morgan fingerprint density at radius 3 is 2.81 bits per heavy atom. The summed E-state index contributed by atoms with van der Waals surface area (Å²) >= 11 is 0. The molecule has 0 spiro atoms. The largest absolute Gasteiger partial charge is 0.490 e. The molecule has 2 unspecified atom stereocenters. The molecule has 5 heteroatoms. The van der Waals surface area contributed by atoms with Gasteiger partial charge in [-0.2, -0.15) is 0 Å². The highest BCUT2D eigenvalue weighted by Gasteiger charge is 2.29. The van der Waals surface area contributed by atoms with Crippen molar-refractivity contribution in [2.45, 2.75) is 18.4 Å². The van der Waals surface area contributed by atoms with Crippen molar-refractivity contribution < 1.29 is 14.2 Å². The summed E-state index contributed by atoms with van der Waals surface area (Å²) in [6.45, 7) is 1.56. The van der Waals surface area contributed by atoms with Gasteiger partial charge in [0.05, 0.1) is 11.6 Å². The quantitative estimate of drug-likeness (QED) is 0.944. The Hall–Kier alpha value is -2.14. The van der Waals surface area contributed by atoms with Crippen molar-refractivity contribution in [2.24, 2.45) is 0 Å². The SMILES string of the molecule is [O]c1ccnc(C2CNCCC2Oc2ccc(F)cc2)c1. The summed E-state index contributed by atoms with van der Waals surface area (Å²) in [5.41, 5.74) is 0.738. The number of pyridine rings is 1. The molecule has 2 aromatic rings. The molecule has 1 fully saturated rings. The summed E-state index contributed by atoms with van der Waals surface area (Å²) in [5, 5.41) is 14.8. The second-order valence-electron chi connectivity index (χ2n) is 5.13. The fraction of sp³-hybridized carbons (Fsp3) is 0.312. The second-order valence-corrected chi connectivity index (χ2v) is 5.13. The van der Waals surface area contributed by atoms with E-state index >= 15 is 0 Å². The first kappa shape index (κ1) is 13.8. The van der Waals surface area contributed by atoms with Gasteiger partial charge >= 0.3 is 0 Å². The van der Waals surface area contributed by atoms with Crippen LogP contribution in [0.1, 0.15) is 18.0 Å². The summed E-state index contributed by atoms with van der Waals surface area (Å²) < 4.78 is 18.9. The van der Waals surface area contributed by atoms with Crippen LogP contribution in [0.4, 0.5) is 4.39 Å². The van der Waals surface area contributed by atoms with Crippen molar-refractivity contribution in [3.8, 4) is 11.5 Å². The molecule has 1 N–H and O–H groups in total. The van der Waals surface area contributed by atoms with Crippen molar-refractivity contribution >= 4 is 0 Å². The maximum atomic E-state index is 12.9. The maximum absolute atomic E-state index is 12.9. The molecule has 1 aromatic carbocycles. The molecule has 1 saturated heterocycles. The Balaban J connectivity index is 1.79. The molecule has 1 aliphatic heterocycles. The van der Waals surface area contributed by atoms with Crippen LogP contribution in [0.25, 0.3) is 0 Å². The first-order valence-corrected chi connectivity index (χ1v) is 6.98. The van der Waals surface area contributed by atoms with E-state index in [0.717, 1.165) is 18.7 Å². The van der Waals surface area contributed by atoms with Gasteiger partial charge in [0, 0.05) is 24.9 Å². The zero-order chi connectivity index (χ0) is 14.7. The lowest BCUT2D eigenvalue weighted by atomic mass is 9.92. The number of benzene rings is 1. The summed E-state index contributed by atoms with van der Waals surface area (Å²) in [7, 11) is 0. The van der Waals surface area contributed by atoms with Crippen LogP contribution in [-0.2, 0) is 5.11 Å². The van der Waals surface area contributed by atoms with E-state index in [1.165, 1.54) is 24.4 Å². The lowest BCUT2D eigenvalue weighted by molar-refractivity contribution is 0.136. The minimum Gasteiger partial charge on any atom is -0.490 e. The Kier molecular flexibility index (Phi) is 4.01. The monoisotopic (exact) mass is 287 g/mol. The molecule has 0 amide bonds. The lowest BCUT2D eigenvalue weighted by Crippen LogP contribution is -2.41. The highest BCUT2D eigenvalue weighted by molar-refractivity contribution is 5.26. The van der Waals surface area contributed by atoms with Crippen LogP contribution in [0.3, 0.4) is 0 Å². The van der Waals surface area contributed by atoms with Gasteiger partial charge in [-0.05, 0) is 37.2 Å². The van der Waals surface area contributed by atoms with Crippen molar-refractivity contribution in [2.75, 3.05) is 13.1 Å². The minimum atomic E-state index is -0.287. The van der Waals surface area contributed by atoms with Crippen LogP contribution in [0.15, 0.2) is 42.6 Å². The third kappa shape index (κ3) is 3.31. The molecular weight excluding hydrogens is 271 g/mol. The van der Waals surface area contributed by atoms with Gasteiger partial charge in [0.1, 0.15) is 17.7 Å². The van der Waals surface area contributed by atoms with Gasteiger partial charge in [0.15, 0.2) is 5.75 Å². The first-order valence-electron chi connectivity index (χ1n) is 6.98. The van der Waals surface area contributed by atoms with Crippen LogP contribution in [0, 0.1) is 5.82 Å². The van der Waals surface area contributed by atoms with Gasteiger partial charge in [-0.15, -0.1) is 0 Å². The predicted molar refractivity (Wildman–Crippen MR) is 75.4 cm³/mol. The van der Waals surface area contributed by atoms with Gasteiger partial charge in [0.2, 0.25) is 0 Å². The van der Waals surface area contributed by atoms with Crippen molar-refractivity contribution in [1.29, 1.82) is 0 Å². The number of rotatable bonds is 3. The van der Waals surface area contributed by atoms with Gasteiger partial charge in [-0.25, -0.2) is 4.39 Å². The Morgan fingerprint density at radius 2 is 2.05 bits per heavy atom. The topological polar surface area (TPSA) is 54.0 Å². The number of nitrogens with zero attached hydrogens (tertiary/aromatic N) is 1. The van der Waals surface area contributed by atoms with Gasteiger partial charge in [-0.3, -0.25) is 10.1 Å². The molecule has 4 nitrogen and oxygen atoms in total. The van der Waals surface area contributed by atoms with E-state index in [1.807, 2.05) is 0 Å². The van der Waals surface area contributed by atoms with E-state index < -0.39 is 0 Å². The number of nitrogens with one attached hydrogen (secondary N) is 1. The molecule has 1 aromatic heterocycles. The summed E-state index contributed by atoms with van der Waals surface area (Å²) in [6, 6.07) is 8.98. The van der Waals surface area contributed by atoms with E-state index in [-0.39, 0.29) is 23.6 Å². The molecule has 2 atom stereocenters. The highest BCUT2D eigenvalue weighted by Crippen LogP contribution is 2.28. The fourth-order valence-corrected chi connectivity index (χ4v) is 2.59. The van der Waals surface area contributed by atoms with Crippen LogP contribution in [0.5, 0.6) is 11.5 Å². The van der Waals surface area contributed by atoms with Crippen molar-refractivity contribution in [3.63, 3.8) is 0 Å². The van der Waals surface area contributed by atoms with Crippen LogP contribution >= 0.6 is 0 Å².